The summed E-state index contributed by atoms with van der Waals surface area (Å²) in [6.45, 7) is 5.20. The van der Waals surface area contributed by atoms with Crippen LogP contribution in [-0.4, -0.2) is 49.3 Å². The third kappa shape index (κ3) is 4.25. The number of hydrogen-bond acceptors (Lipinski definition) is 6. The van der Waals surface area contributed by atoms with Crippen molar-refractivity contribution < 1.29 is 18.7 Å². The van der Waals surface area contributed by atoms with E-state index in [2.05, 4.69) is 31.1 Å². The number of halogens is 1. The normalized spacial score (nSPS) is 19.2. The van der Waals surface area contributed by atoms with Crippen LogP contribution in [-0.2, 0) is 4.79 Å². The first-order chi connectivity index (χ1) is 13.4. The van der Waals surface area contributed by atoms with Gasteiger partial charge < -0.3 is 15.0 Å². The number of carbonyl (C=O) groups is 2. The second-order valence-electron chi connectivity index (χ2n) is 7.68. The molecule has 2 heterocycles. The molecule has 3 rings (SSSR count). The Balaban J connectivity index is 1.83. The Kier molecular flexibility index (Phi) is 6.15. The van der Waals surface area contributed by atoms with Crippen LogP contribution in [0.25, 0.3) is 10.4 Å². The van der Waals surface area contributed by atoms with Crippen molar-refractivity contribution in [2.75, 3.05) is 25.5 Å². The number of carbonyl (C=O) groups excluding carboxylic acids is 2. The Morgan fingerprint density at radius 2 is 2.18 bits per heavy atom. The van der Waals surface area contributed by atoms with E-state index in [1.54, 1.807) is 6.07 Å². The monoisotopic (exact) mass is 404 g/mol. The van der Waals surface area contributed by atoms with Crippen LogP contribution in [0.1, 0.15) is 36.4 Å². The van der Waals surface area contributed by atoms with Crippen LogP contribution in [0.5, 0.6) is 5.75 Å². The number of piperidine rings is 1. The second kappa shape index (κ2) is 8.41. The molecule has 7 heteroatoms. The van der Waals surface area contributed by atoms with Crippen LogP contribution in [0.2, 0.25) is 0 Å². The van der Waals surface area contributed by atoms with Gasteiger partial charge in [-0.05, 0) is 51.4 Å². The third-order valence-corrected chi connectivity index (χ3v) is 6.45. The van der Waals surface area contributed by atoms with E-state index in [0.717, 1.165) is 36.4 Å². The van der Waals surface area contributed by atoms with Crippen molar-refractivity contribution in [3.63, 3.8) is 0 Å². The summed E-state index contributed by atoms with van der Waals surface area (Å²) in [5.74, 6) is -0.760. The van der Waals surface area contributed by atoms with Gasteiger partial charge in [0.25, 0.3) is 0 Å². The number of rotatable bonds is 7. The molecule has 1 fully saturated rings. The lowest BCUT2D eigenvalue weighted by atomic mass is 9.87. The fourth-order valence-corrected chi connectivity index (χ4v) is 4.49. The summed E-state index contributed by atoms with van der Waals surface area (Å²) >= 11 is 1.03. The molecule has 1 atom stereocenters. The maximum atomic E-state index is 14.8. The summed E-state index contributed by atoms with van der Waals surface area (Å²) in [6, 6.07) is 7.86. The fourth-order valence-electron chi connectivity index (χ4n) is 3.55. The van der Waals surface area contributed by atoms with Gasteiger partial charge in [-0.25, -0.2) is 4.39 Å². The quantitative estimate of drug-likeness (QED) is 0.700. The van der Waals surface area contributed by atoms with E-state index in [1.165, 1.54) is 0 Å². The average Bonchev–Trinajstić information content (AvgIpc) is 2.98. The molecule has 28 heavy (non-hydrogen) atoms. The molecule has 1 aromatic heterocycles. The second-order valence-corrected chi connectivity index (χ2v) is 8.74. The van der Waals surface area contributed by atoms with Gasteiger partial charge in [0, 0.05) is 23.8 Å². The Hall–Kier alpha value is -2.25. The molecular formula is C21H25FN2O3S. The molecule has 0 spiro atoms. The molecule has 0 saturated carbocycles. The number of nitrogens with one attached hydrogen (secondary N) is 1. The minimum atomic E-state index is -0.605. The van der Waals surface area contributed by atoms with Gasteiger partial charge in [-0.3, -0.25) is 9.59 Å². The lowest BCUT2D eigenvalue weighted by Gasteiger charge is -2.44. The summed E-state index contributed by atoms with van der Waals surface area (Å²) in [5, 5.41) is 3.56. The third-order valence-electron chi connectivity index (χ3n) is 5.33. The zero-order valence-corrected chi connectivity index (χ0v) is 17.1. The molecule has 0 bridgehead atoms. The predicted octanol–water partition coefficient (Wildman–Crippen LogP) is 4.23. The molecular weight excluding hydrogens is 379 g/mol. The maximum Gasteiger partial charge on any atom is 0.184 e. The Morgan fingerprint density at radius 1 is 1.39 bits per heavy atom. The van der Waals surface area contributed by atoms with E-state index in [1.807, 2.05) is 18.2 Å². The SMILES string of the molecule is CN1CCC(Nc2cccc(-c3sc(C=O)c(OCC=O)c3F)c2)CC1(C)C. The summed E-state index contributed by atoms with van der Waals surface area (Å²) < 4.78 is 19.9. The maximum absolute atomic E-state index is 14.8. The Bertz CT molecular complexity index is 865. The van der Waals surface area contributed by atoms with E-state index < -0.39 is 5.82 Å². The lowest BCUT2D eigenvalue weighted by Crippen LogP contribution is -2.50. The zero-order valence-electron chi connectivity index (χ0n) is 16.3. The molecule has 1 N–H and O–H groups in total. The molecule has 150 valence electrons. The van der Waals surface area contributed by atoms with E-state index in [4.69, 9.17) is 4.74 Å². The van der Waals surface area contributed by atoms with Gasteiger partial charge >= 0.3 is 0 Å². The van der Waals surface area contributed by atoms with Crippen LogP contribution >= 0.6 is 11.3 Å². The minimum Gasteiger partial charge on any atom is -0.481 e. The highest BCUT2D eigenvalue weighted by Gasteiger charge is 2.32. The first kappa shape index (κ1) is 20.5. The first-order valence-electron chi connectivity index (χ1n) is 9.28. The molecule has 0 aliphatic carbocycles. The number of hydrogen-bond donors (Lipinski definition) is 1. The van der Waals surface area contributed by atoms with E-state index in [9.17, 15) is 14.0 Å². The average molecular weight is 405 g/mol. The molecule has 2 aromatic rings. The number of ether oxygens (including phenoxy) is 1. The van der Waals surface area contributed by atoms with Crippen molar-refractivity contribution in [1.82, 2.24) is 4.90 Å². The number of thiophene rings is 1. The van der Waals surface area contributed by atoms with Gasteiger partial charge in [-0.2, -0.15) is 0 Å². The molecule has 1 aliphatic rings. The highest BCUT2D eigenvalue weighted by atomic mass is 32.1. The standard InChI is InChI=1S/C21H25FN2O3S/c1-21(2)12-16(7-8-24(21)3)23-15-6-4-5-14(11-15)20-18(22)19(27-10-9-25)17(13-26)28-20/h4-6,9,11,13,16,23H,7-8,10,12H2,1-3H3. The molecule has 1 unspecified atom stereocenters. The fraction of sp³-hybridized carbons (Fsp3) is 0.429. The molecule has 1 aliphatic heterocycles. The first-order valence-corrected chi connectivity index (χ1v) is 10.1. The van der Waals surface area contributed by atoms with Crippen molar-refractivity contribution in [2.45, 2.75) is 38.3 Å². The number of nitrogens with zero attached hydrogens (tertiary/aromatic N) is 1. The number of aldehydes is 2. The van der Waals surface area contributed by atoms with Gasteiger partial charge in [0.1, 0.15) is 11.5 Å². The summed E-state index contributed by atoms with van der Waals surface area (Å²) in [7, 11) is 2.14. The van der Waals surface area contributed by atoms with Crippen LogP contribution in [0.15, 0.2) is 24.3 Å². The lowest BCUT2D eigenvalue weighted by molar-refractivity contribution is -0.109. The van der Waals surface area contributed by atoms with E-state index >= 15 is 0 Å². The van der Waals surface area contributed by atoms with Gasteiger partial charge in [0.05, 0.1) is 4.88 Å². The van der Waals surface area contributed by atoms with Crippen molar-refractivity contribution in [3.8, 4) is 16.2 Å². The molecule has 0 amide bonds. The number of benzene rings is 1. The van der Waals surface area contributed by atoms with Crippen molar-refractivity contribution in [2.24, 2.45) is 0 Å². The van der Waals surface area contributed by atoms with Crippen LogP contribution in [0, 0.1) is 5.82 Å². The largest absolute Gasteiger partial charge is 0.481 e. The summed E-state index contributed by atoms with van der Waals surface area (Å²) in [6.07, 6.45) is 3.13. The molecule has 1 aromatic carbocycles. The highest BCUT2D eigenvalue weighted by molar-refractivity contribution is 7.17. The molecule has 0 radical (unpaired) electrons. The van der Waals surface area contributed by atoms with Gasteiger partial charge in [-0.15, -0.1) is 11.3 Å². The van der Waals surface area contributed by atoms with Gasteiger partial charge in [0.15, 0.2) is 24.1 Å². The van der Waals surface area contributed by atoms with Crippen LogP contribution < -0.4 is 10.1 Å². The topological polar surface area (TPSA) is 58.6 Å². The molecule has 5 nitrogen and oxygen atoms in total. The smallest absolute Gasteiger partial charge is 0.184 e. The number of anilines is 1. The summed E-state index contributed by atoms with van der Waals surface area (Å²) in [5.41, 5.74) is 1.71. The predicted molar refractivity (Wildman–Crippen MR) is 110 cm³/mol. The van der Waals surface area contributed by atoms with Crippen molar-refractivity contribution in [3.05, 3.63) is 35.0 Å². The summed E-state index contributed by atoms with van der Waals surface area (Å²) in [4.78, 5) is 24.6. The van der Waals surface area contributed by atoms with Crippen LogP contribution in [0.3, 0.4) is 0 Å². The van der Waals surface area contributed by atoms with Gasteiger partial charge in [-0.1, -0.05) is 12.1 Å². The van der Waals surface area contributed by atoms with Gasteiger partial charge in [0.2, 0.25) is 0 Å². The van der Waals surface area contributed by atoms with E-state index in [-0.39, 0.29) is 22.8 Å². The Morgan fingerprint density at radius 3 is 2.86 bits per heavy atom. The highest BCUT2D eigenvalue weighted by Crippen LogP contribution is 2.40. The van der Waals surface area contributed by atoms with Crippen LogP contribution in [0.4, 0.5) is 10.1 Å². The molecule has 1 saturated heterocycles. The minimum absolute atomic E-state index is 0.122. The zero-order chi connectivity index (χ0) is 20.3. The Labute approximate surface area is 168 Å². The van der Waals surface area contributed by atoms with E-state index in [0.29, 0.717) is 29.1 Å². The van der Waals surface area contributed by atoms with Crippen molar-refractivity contribution >= 4 is 29.6 Å². The number of likely N-dealkylation sites (tertiary alicyclic amines) is 1. The van der Waals surface area contributed by atoms with Crippen molar-refractivity contribution in [1.29, 1.82) is 0 Å².